The van der Waals surface area contributed by atoms with Crippen LogP contribution in [0.3, 0.4) is 0 Å². The fraction of sp³-hybridized carbons (Fsp3) is 0.765. The standard InChI is InChI=1S/C17H28N6S/c1-22(13-14-7-6-12-18-14)17(24)11-5-10-16-19-20-21-23(16)15-8-3-2-4-9-15/h6-7,14-15,18H,2-5,8-13H2,1H3. The molecule has 0 radical (unpaired) electrons. The lowest BCUT2D eigenvalue weighted by molar-refractivity contribution is 0.316. The molecular weight excluding hydrogens is 320 g/mol. The Labute approximate surface area is 149 Å². The summed E-state index contributed by atoms with van der Waals surface area (Å²) in [6.07, 6.45) is 13.6. The number of hydrogen-bond acceptors (Lipinski definition) is 5. The van der Waals surface area contributed by atoms with Gasteiger partial charge >= 0.3 is 0 Å². The van der Waals surface area contributed by atoms with Crippen LogP contribution in [0.4, 0.5) is 0 Å². The van der Waals surface area contributed by atoms with Crippen LogP contribution in [0.1, 0.15) is 56.8 Å². The summed E-state index contributed by atoms with van der Waals surface area (Å²) in [4.78, 5) is 3.21. The predicted octanol–water partition coefficient (Wildman–Crippen LogP) is 2.29. The van der Waals surface area contributed by atoms with Crippen molar-refractivity contribution in [3.63, 3.8) is 0 Å². The van der Waals surface area contributed by atoms with Gasteiger partial charge in [-0.1, -0.05) is 43.6 Å². The normalized spacial score (nSPS) is 21.3. The van der Waals surface area contributed by atoms with Crippen LogP contribution in [0, 0.1) is 0 Å². The summed E-state index contributed by atoms with van der Waals surface area (Å²) in [5.74, 6) is 1.02. The molecule has 0 aromatic carbocycles. The second kappa shape index (κ2) is 8.67. The lowest BCUT2D eigenvalue weighted by Gasteiger charge is -2.24. The van der Waals surface area contributed by atoms with Crippen molar-refractivity contribution in [3.8, 4) is 0 Å². The van der Waals surface area contributed by atoms with E-state index < -0.39 is 0 Å². The number of hydrogen-bond donors (Lipinski definition) is 1. The van der Waals surface area contributed by atoms with E-state index in [1.807, 2.05) is 0 Å². The topological polar surface area (TPSA) is 58.9 Å². The van der Waals surface area contributed by atoms with Gasteiger partial charge in [0.15, 0.2) is 5.82 Å². The average molecular weight is 349 g/mol. The maximum Gasteiger partial charge on any atom is 0.151 e. The Bertz CT molecular complexity index is 563. The molecule has 24 heavy (non-hydrogen) atoms. The second-order valence-electron chi connectivity index (χ2n) is 6.90. The van der Waals surface area contributed by atoms with Gasteiger partial charge in [0.25, 0.3) is 0 Å². The molecule has 1 fully saturated rings. The molecule has 1 atom stereocenters. The van der Waals surface area contributed by atoms with Crippen molar-refractivity contribution in [1.29, 1.82) is 0 Å². The highest BCUT2D eigenvalue weighted by Crippen LogP contribution is 2.28. The van der Waals surface area contributed by atoms with Crippen molar-refractivity contribution < 1.29 is 0 Å². The number of aryl methyl sites for hydroxylation is 1. The van der Waals surface area contributed by atoms with Crippen LogP contribution < -0.4 is 5.32 Å². The van der Waals surface area contributed by atoms with Gasteiger partial charge in [0.1, 0.15) is 0 Å². The third-order valence-electron chi connectivity index (χ3n) is 5.04. The highest BCUT2D eigenvalue weighted by atomic mass is 32.1. The summed E-state index contributed by atoms with van der Waals surface area (Å²) in [7, 11) is 2.09. The van der Waals surface area contributed by atoms with E-state index >= 15 is 0 Å². The van der Waals surface area contributed by atoms with E-state index in [0.29, 0.717) is 12.1 Å². The molecule has 1 aliphatic heterocycles. The minimum absolute atomic E-state index is 0.423. The fourth-order valence-corrected chi connectivity index (χ4v) is 3.84. The zero-order chi connectivity index (χ0) is 16.8. The molecule has 1 unspecified atom stereocenters. The van der Waals surface area contributed by atoms with Crippen molar-refractivity contribution in [2.45, 2.75) is 63.5 Å². The Morgan fingerprint density at radius 1 is 1.38 bits per heavy atom. The van der Waals surface area contributed by atoms with Gasteiger partial charge in [0.2, 0.25) is 0 Å². The third kappa shape index (κ3) is 4.60. The summed E-state index contributed by atoms with van der Waals surface area (Å²) in [5, 5.41) is 15.8. The zero-order valence-corrected chi connectivity index (χ0v) is 15.3. The van der Waals surface area contributed by atoms with Crippen molar-refractivity contribution in [1.82, 2.24) is 30.4 Å². The zero-order valence-electron chi connectivity index (χ0n) is 14.5. The summed E-state index contributed by atoms with van der Waals surface area (Å²) in [6.45, 7) is 1.91. The van der Waals surface area contributed by atoms with Gasteiger partial charge in [-0.15, -0.1) is 5.10 Å². The van der Waals surface area contributed by atoms with E-state index in [9.17, 15) is 0 Å². The van der Waals surface area contributed by atoms with Crippen LogP contribution in [-0.2, 0) is 6.42 Å². The fourth-order valence-electron chi connectivity index (χ4n) is 3.62. The minimum atomic E-state index is 0.423. The molecule has 1 aromatic heterocycles. The number of thiocarbonyl (C=S) groups is 1. The predicted molar refractivity (Wildman–Crippen MR) is 99.0 cm³/mol. The van der Waals surface area contributed by atoms with Gasteiger partial charge in [-0.2, -0.15) is 0 Å². The van der Waals surface area contributed by atoms with E-state index in [1.165, 1.54) is 32.1 Å². The Morgan fingerprint density at radius 2 is 2.21 bits per heavy atom. The molecule has 1 aromatic rings. The highest BCUT2D eigenvalue weighted by Gasteiger charge is 2.20. The van der Waals surface area contributed by atoms with Gasteiger partial charge < -0.3 is 10.2 Å². The molecule has 0 spiro atoms. The van der Waals surface area contributed by atoms with Gasteiger partial charge in [-0.25, -0.2) is 4.68 Å². The largest absolute Gasteiger partial charge is 0.367 e. The number of tetrazole rings is 1. The Kier molecular flexibility index (Phi) is 6.31. The molecule has 1 aliphatic carbocycles. The van der Waals surface area contributed by atoms with E-state index in [0.717, 1.165) is 43.2 Å². The van der Waals surface area contributed by atoms with E-state index in [-0.39, 0.29) is 0 Å². The van der Waals surface area contributed by atoms with Crippen molar-refractivity contribution in [2.75, 3.05) is 20.1 Å². The molecule has 132 valence electrons. The molecule has 2 aliphatic rings. The maximum atomic E-state index is 5.58. The molecule has 0 amide bonds. The van der Waals surface area contributed by atoms with Crippen molar-refractivity contribution >= 4 is 17.2 Å². The molecule has 1 saturated carbocycles. The van der Waals surface area contributed by atoms with Gasteiger partial charge in [0, 0.05) is 32.6 Å². The van der Waals surface area contributed by atoms with Crippen LogP contribution in [-0.4, -0.2) is 56.3 Å². The number of aromatic nitrogens is 4. The minimum Gasteiger partial charge on any atom is -0.367 e. The van der Waals surface area contributed by atoms with Gasteiger partial charge in [-0.3, -0.25) is 0 Å². The number of rotatable bonds is 7. The molecule has 6 nitrogen and oxygen atoms in total. The number of nitrogens with one attached hydrogen (secondary N) is 1. The van der Waals surface area contributed by atoms with Gasteiger partial charge in [-0.05, 0) is 36.1 Å². The summed E-state index contributed by atoms with van der Waals surface area (Å²) >= 11 is 5.58. The average Bonchev–Trinajstić information content (AvgIpc) is 3.27. The van der Waals surface area contributed by atoms with Crippen LogP contribution in [0.2, 0.25) is 0 Å². The number of likely N-dealkylation sites (N-methyl/N-ethyl adjacent to an activating group) is 1. The lowest BCUT2D eigenvalue weighted by Crippen LogP contribution is -2.38. The first kappa shape index (κ1) is 17.5. The third-order valence-corrected chi connectivity index (χ3v) is 5.55. The molecule has 0 saturated heterocycles. The van der Waals surface area contributed by atoms with Crippen LogP contribution >= 0.6 is 12.2 Å². The summed E-state index contributed by atoms with van der Waals surface area (Å²) in [5.41, 5.74) is 0. The molecule has 1 N–H and O–H groups in total. The Balaban J connectivity index is 1.43. The SMILES string of the molecule is CN(CC1C=CCN1)C(=S)CCCc1nnnn1C1CCCCC1. The summed E-state index contributed by atoms with van der Waals surface area (Å²) in [6, 6.07) is 0.921. The maximum absolute atomic E-state index is 5.58. The van der Waals surface area contributed by atoms with Crippen LogP contribution in [0.15, 0.2) is 12.2 Å². The molecule has 3 rings (SSSR count). The highest BCUT2D eigenvalue weighted by molar-refractivity contribution is 7.80. The van der Waals surface area contributed by atoms with Crippen LogP contribution in [0.5, 0.6) is 0 Å². The second-order valence-corrected chi connectivity index (χ2v) is 7.37. The number of nitrogens with zero attached hydrogens (tertiary/aromatic N) is 5. The quantitative estimate of drug-likeness (QED) is 0.603. The molecule has 7 heteroatoms. The van der Waals surface area contributed by atoms with Crippen LogP contribution in [0.25, 0.3) is 0 Å². The van der Waals surface area contributed by atoms with Crippen molar-refractivity contribution in [2.24, 2.45) is 0 Å². The molecule has 0 bridgehead atoms. The van der Waals surface area contributed by atoms with E-state index in [4.69, 9.17) is 12.2 Å². The Morgan fingerprint density at radius 3 is 2.96 bits per heavy atom. The first-order chi connectivity index (χ1) is 11.7. The first-order valence-electron chi connectivity index (χ1n) is 9.15. The monoisotopic (exact) mass is 348 g/mol. The van der Waals surface area contributed by atoms with E-state index in [1.54, 1.807) is 0 Å². The lowest BCUT2D eigenvalue weighted by atomic mass is 9.95. The molecular formula is C17H28N6S. The smallest absolute Gasteiger partial charge is 0.151 e. The molecule has 2 heterocycles. The summed E-state index contributed by atoms with van der Waals surface area (Å²) < 4.78 is 2.07. The van der Waals surface area contributed by atoms with Gasteiger partial charge in [0.05, 0.1) is 11.0 Å². The first-order valence-corrected chi connectivity index (χ1v) is 9.55. The van der Waals surface area contributed by atoms with E-state index in [2.05, 4.69) is 49.6 Å². The van der Waals surface area contributed by atoms with Crippen molar-refractivity contribution in [3.05, 3.63) is 18.0 Å². The Hall–Kier alpha value is -1.34.